The first-order valence-corrected chi connectivity index (χ1v) is 11.3. The number of piperidine rings is 1. The Morgan fingerprint density at radius 2 is 1.93 bits per heavy atom. The Labute approximate surface area is 162 Å². The van der Waals surface area contributed by atoms with Crippen LogP contribution in [0.4, 0.5) is 0 Å². The predicted molar refractivity (Wildman–Crippen MR) is 104 cm³/mol. The number of aryl methyl sites for hydroxylation is 2. The largest absolute Gasteiger partial charge is 0.420 e. The molecule has 142 valence electrons. The fraction of sp³-hybridized carbons (Fsp3) is 0.368. The number of rotatable bonds is 4. The molecule has 8 heteroatoms. The molecule has 3 aromatic rings. The van der Waals surface area contributed by atoms with Crippen molar-refractivity contribution < 1.29 is 12.8 Å². The molecule has 0 radical (unpaired) electrons. The predicted octanol–water partition coefficient (Wildman–Crippen LogP) is 3.98. The van der Waals surface area contributed by atoms with Crippen LogP contribution in [0.15, 0.2) is 44.3 Å². The molecule has 0 bridgehead atoms. The van der Waals surface area contributed by atoms with Crippen molar-refractivity contribution in [3.05, 3.63) is 52.0 Å². The Bertz CT molecular complexity index is 1030. The van der Waals surface area contributed by atoms with Gasteiger partial charge in [-0.25, -0.2) is 8.42 Å². The average Bonchev–Trinajstić information content (AvgIpc) is 3.33. The second-order valence-corrected chi connectivity index (χ2v) is 9.59. The summed E-state index contributed by atoms with van der Waals surface area (Å²) in [6, 6.07) is 7.40. The van der Waals surface area contributed by atoms with E-state index in [0.29, 0.717) is 42.6 Å². The van der Waals surface area contributed by atoms with Gasteiger partial charge in [-0.05, 0) is 49.8 Å². The van der Waals surface area contributed by atoms with Crippen LogP contribution in [0.25, 0.3) is 11.5 Å². The van der Waals surface area contributed by atoms with Crippen LogP contribution in [-0.2, 0) is 10.0 Å². The number of sulfonamides is 1. The maximum Gasteiger partial charge on any atom is 0.248 e. The normalized spacial score (nSPS) is 16.7. The molecule has 0 atom stereocenters. The van der Waals surface area contributed by atoms with Gasteiger partial charge >= 0.3 is 0 Å². The maximum atomic E-state index is 13.0. The monoisotopic (exact) mass is 403 g/mol. The molecule has 6 nitrogen and oxygen atoms in total. The van der Waals surface area contributed by atoms with Crippen LogP contribution in [0.5, 0.6) is 0 Å². The van der Waals surface area contributed by atoms with Crippen LogP contribution in [-0.4, -0.2) is 36.0 Å². The molecule has 2 aromatic heterocycles. The van der Waals surface area contributed by atoms with Gasteiger partial charge in [0.2, 0.25) is 21.8 Å². The van der Waals surface area contributed by atoms with Crippen LogP contribution in [0.3, 0.4) is 0 Å². The summed E-state index contributed by atoms with van der Waals surface area (Å²) in [5.74, 6) is 1.21. The molecule has 1 fully saturated rings. The minimum absolute atomic E-state index is 0.0930. The van der Waals surface area contributed by atoms with Crippen molar-refractivity contribution in [1.29, 1.82) is 0 Å². The highest BCUT2D eigenvalue weighted by Gasteiger charge is 2.32. The summed E-state index contributed by atoms with van der Waals surface area (Å²) in [7, 11) is -3.48. The van der Waals surface area contributed by atoms with Crippen molar-refractivity contribution in [3.8, 4) is 11.5 Å². The standard InChI is InChI=1S/C19H21N3O3S2/c1-13-3-4-17(14(2)11-13)27(23,24)22-8-5-15(6-9-22)18-20-21-19(25-18)16-7-10-26-12-16/h3-4,7,10-12,15H,5-6,8-9H2,1-2H3. The zero-order valence-electron chi connectivity index (χ0n) is 15.3. The van der Waals surface area contributed by atoms with Crippen LogP contribution >= 0.6 is 11.3 Å². The number of hydrogen-bond acceptors (Lipinski definition) is 6. The molecular weight excluding hydrogens is 382 g/mol. The van der Waals surface area contributed by atoms with Gasteiger partial charge in [0.25, 0.3) is 0 Å². The quantitative estimate of drug-likeness (QED) is 0.658. The van der Waals surface area contributed by atoms with Gasteiger partial charge in [-0.15, -0.1) is 10.2 Å². The fourth-order valence-electron chi connectivity index (χ4n) is 3.47. The Morgan fingerprint density at radius 3 is 2.59 bits per heavy atom. The zero-order valence-corrected chi connectivity index (χ0v) is 16.9. The molecule has 0 aliphatic carbocycles. The summed E-state index contributed by atoms with van der Waals surface area (Å²) in [6.45, 7) is 4.72. The number of thiophene rings is 1. The van der Waals surface area contributed by atoms with E-state index in [-0.39, 0.29) is 5.92 Å². The van der Waals surface area contributed by atoms with Crippen LogP contribution in [0.2, 0.25) is 0 Å². The first-order valence-electron chi connectivity index (χ1n) is 8.88. The molecule has 0 spiro atoms. The second kappa shape index (κ2) is 7.18. The molecule has 1 aliphatic rings. The smallest absolute Gasteiger partial charge is 0.248 e. The summed E-state index contributed by atoms with van der Waals surface area (Å²) in [6.07, 6.45) is 1.35. The van der Waals surface area contributed by atoms with Crippen molar-refractivity contribution >= 4 is 21.4 Å². The lowest BCUT2D eigenvalue weighted by atomic mass is 9.98. The minimum atomic E-state index is -3.48. The van der Waals surface area contributed by atoms with E-state index in [1.807, 2.05) is 42.8 Å². The van der Waals surface area contributed by atoms with Gasteiger partial charge in [0.15, 0.2) is 0 Å². The van der Waals surface area contributed by atoms with Crippen molar-refractivity contribution in [3.63, 3.8) is 0 Å². The average molecular weight is 404 g/mol. The summed E-state index contributed by atoms with van der Waals surface area (Å²) >= 11 is 1.58. The highest BCUT2D eigenvalue weighted by atomic mass is 32.2. The zero-order chi connectivity index (χ0) is 19.0. The highest BCUT2D eigenvalue weighted by Crippen LogP contribution is 2.32. The van der Waals surface area contributed by atoms with Gasteiger partial charge in [0.05, 0.1) is 4.90 Å². The maximum absolute atomic E-state index is 13.0. The highest BCUT2D eigenvalue weighted by molar-refractivity contribution is 7.89. The first-order chi connectivity index (χ1) is 12.9. The molecule has 4 rings (SSSR count). The van der Waals surface area contributed by atoms with Gasteiger partial charge < -0.3 is 4.42 Å². The van der Waals surface area contributed by atoms with Gasteiger partial charge in [-0.2, -0.15) is 15.6 Å². The van der Waals surface area contributed by atoms with E-state index in [2.05, 4.69) is 10.2 Å². The number of hydrogen-bond donors (Lipinski definition) is 0. The third-order valence-corrected chi connectivity index (χ3v) is 7.70. The summed E-state index contributed by atoms with van der Waals surface area (Å²) < 4.78 is 33.4. The summed E-state index contributed by atoms with van der Waals surface area (Å²) in [5, 5.41) is 12.2. The van der Waals surface area contributed by atoms with Crippen molar-refractivity contribution in [2.24, 2.45) is 0 Å². The molecule has 3 heterocycles. The van der Waals surface area contributed by atoms with E-state index in [4.69, 9.17) is 4.42 Å². The van der Waals surface area contributed by atoms with Crippen LogP contribution in [0, 0.1) is 13.8 Å². The van der Waals surface area contributed by atoms with E-state index in [0.717, 1.165) is 16.7 Å². The lowest BCUT2D eigenvalue weighted by Crippen LogP contribution is -2.38. The van der Waals surface area contributed by atoms with Gasteiger partial charge in [0, 0.05) is 30.0 Å². The van der Waals surface area contributed by atoms with E-state index >= 15 is 0 Å². The molecule has 0 N–H and O–H groups in total. The van der Waals surface area contributed by atoms with E-state index in [1.165, 1.54) is 0 Å². The summed E-state index contributed by atoms with van der Waals surface area (Å²) in [5.41, 5.74) is 2.77. The van der Waals surface area contributed by atoms with Crippen molar-refractivity contribution in [2.75, 3.05) is 13.1 Å². The Morgan fingerprint density at radius 1 is 1.15 bits per heavy atom. The van der Waals surface area contributed by atoms with Crippen molar-refractivity contribution in [1.82, 2.24) is 14.5 Å². The molecule has 1 aliphatic heterocycles. The third kappa shape index (κ3) is 3.56. The lowest BCUT2D eigenvalue weighted by molar-refractivity contribution is 0.291. The molecule has 0 unspecified atom stereocenters. The molecular formula is C19H21N3O3S2. The van der Waals surface area contributed by atoms with Crippen LogP contribution < -0.4 is 0 Å². The fourth-order valence-corrected chi connectivity index (χ4v) is 5.78. The Hall–Kier alpha value is -2.03. The molecule has 0 saturated carbocycles. The molecule has 0 amide bonds. The number of benzene rings is 1. The molecule has 1 aromatic carbocycles. The number of aromatic nitrogens is 2. The molecule has 27 heavy (non-hydrogen) atoms. The van der Waals surface area contributed by atoms with Crippen molar-refractivity contribution in [2.45, 2.75) is 37.5 Å². The Kier molecular flexibility index (Phi) is 4.88. The van der Waals surface area contributed by atoms with Gasteiger partial charge in [0.1, 0.15) is 0 Å². The SMILES string of the molecule is Cc1ccc(S(=O)(=O)N2CCC(c3nnc(-c4ccsc4)o3)CC2)c(C)c1. The topological polar surface area (TPSA) is 76.3 Å². The lowest BCUT2D eigenvalue weighted by Gasteiger charge is -2.30. The second-order valence-electron chi connectivity index (χ2n) is 6.90. The van der Waals surface area contributed by atoms with E-state index in [1.54, 1.807) is 21.7 Å². The van der Waals surface area contributed by atoms with Gasteiger partial charge in [-0.3, -0.25) is 0 Å². The molecule has 1 saturated heterocycles. The summed E-state index contributed by atoms with van der Waals surface area (Å²) in [4.78, 5) is 0.393. The number of nitrogens with zero attached hydrogens (tertiary/aromatic N) is 3. The van der Waals surface area contributed by atoms with Crippen LogP contribution in [0.1, 0.15) is 35.8 Å². The van der Waals surface area contributed by atoms with E-state index in [9.17, 15) is 8.42 Å². The first kappa shape index (κ1) is 18.3. The van der Waals surface area contributed by atoms with Gasteiger partial charge in [-0.1, -0.05) is 17.7 Å². The minimum Gasteiger partial charge on any atom is -0.420 e. The third-order valence-electron chi connectivity index (χ3n) is 4.96. The Balaban J connectivity index is 1.47. The van der Waals surface area contributed by atoms with E-state index < -0.39 is 10.0 Å².